The van der Waals surface area contributed by atoms with E-state index >= 15 is 0 Å². The fraction of sp³-hybridized carbons (Fsp3) is 0.421. The van der Waals surface area contributed by atoms with E-state index < -0.39 is 32.5 Å². The van der Waals surface area contributed by atoms with Crippen molar-refractivity contribution in [1.82, 2.24) is 23.8 Å². The van der Waals surface area contributed by atoms with E-state index in [4.69, 9.17) is 0 Å². The summed E-state index contributed by atoms with van der Waals surface area (Å²) in [6.07, 6.45) is 7.48. The highest BCUT2D eigenvalue weighted by Gasteiger charge is 2.21. The molecule has 174 valence electrons. The number of fused-ring (bicyclic) bond motifs is 1. The maximum atomic E-state index is 13.6. The minimum Gasteiger partial charge on any atom is -0.355 e. The van der Waals surface area contributed by atoms with Gasteiger partial charge in [-0.25, -0.2) is 26.9 Å². The molecule has 2 aromatic heterocycles. The third-order valence-corrected chi connectivity index (χ3v) is 6.71. The second kappa shape index (κ2) is 11.3. The summed E-state index contributed by atoms with van der Waals surface area (Å²) < 4.78 is 58.6. The monoisotopic (exact) mass is 486 g/mol. The van der Waals surface area contributed by atoms with Gasteiger partial charge >= 0.3 is 0 Å². The standard InChI is InChI=1S/C19H24F2N6O3S2/c20-14-5-6-16(15(21)13-14)32(29,30)26-17(28)7-10-22-8-3-1-2-4-9-23-18-25-31-19-24-11-12-27(18)19/h5-6,11-13,22H,1-4,7-10H2,(H,23,25)(H,26,28). The van der Waals surface area contributed by atoms with Crippen molar-refractivity contribution >= 4 is 38.4 Å². The zero-order chi connectivity index (χ0) is 23.0. The Balaban J connectivity index is 1.22. The molecule has 1 aromatic carbocycles. The summed E-state index contributed by atoms with van der Waals surface area (Å²) in [6, 6.07) is 2.05. The smallest absolute Gasteiger partial charge is 0.266 e. The van der Waals surface area contributed by atoms with Gasteiger partial charge in [0.05, 0.1) is 0 Å². The average Bonchev–Trinajstić information content (AvgIpc) is 3.33. The maximum Gasteiger partial charge on any atom is 0.266 e. The number of imidazole rings is 1. The number of benzene rings is 1. The summed E-state index contributed by atoms with van der Waals surface area (Å²) >= 11 is 1.34. The topological polar surface area (TPSA) is 117 Å². The van der Waals surface area contributed by atoms with Crippen molar-refractivity contribution < 1.29 is 22.0 Å². The Bertz CT molecular complexity index is 1150. The number of unbranched alkanes of at least 4 members (excludes halogenated alkanes) is 3. The molecule has 9 nitrogen and oxygen atoms in total. The number of halogens is 2. The molecule has 2 heterocycles. The Morgan fingerprint density at radius 1 is 1.09 bits per heavy atom. The first-order valence-electron chi connectivity index (χ1n) is 10.1. The number of hydrogen-bond acceptors (Lipinski definition) is 8. The van der Waals surface area contributed by atoms with Gasteiger partial charge in [-0.05, 0) is 31.5 Å². The molecule has 3 aromatic rings. The molecule has 0 fully saturated rings. The SMILES string of the molecule is O=C(CCNCCCCCCNc1nsc2nccn12)NS(=O)(=O)c1ccc(F)cc1F. The maximum absolute atomic E-state index is 13.6. The molecule has 0 atom stereocenters. The quantitative estimate of drug-likeness (QED) is 0.318. The molecule has 1 amide bonds. The number of carbonyl (C=O) groups is 1. The molecule has 0 saturated heterocycles. The van der Waals surface area contributed by atoms with Gasteiger partial charge in [0.1, 0.15) is 16.5 Å². The van der Waals surface area contributed by atoms with Crippen LogP contribution >= 0.6 is 11.5 Å². The molecule has 0 aliphatic rings. The van der Waals surface area contributed by atoms with Crippen LogP contribution in [-0.2, 0) is 14.8 Å². The van der Waals surface area contributed by atoms with Gasteiger partial charge in [-0.2, -0.15) is 4.37 Å². The summed E-state index contributed by atoms with van der Waals surface area (Å²) in [7, 11) is -4.38. The van der Waals surface area contributed by atoms with Crippen molar-refractivity contribution in [2.45, 2.75) is 37.0 Å². The van der Waals surface area contributed by atoms with Crippen LogP contribution in [0.4, 0.5) is 14.7 Å². The zero-order valence-corrected chi connectivity index (χ0v) is 18.8. The summed E-state index contributed by atoms with van der Waals surface area (Å²) in [5.41, 5.74) is 0. The molecule has 0 unspecified atom stereocenters. The lowest BCUT2D eigenvalue weighted by molar-refractivity contribution is -0.119. The van der Waals surface area contributed by atoms with Crippen LogP contribution in [-0.4, -0.2) is 47.7 Å². The second-order valence-electron chi connectivity index (χ2n) is 7.03. The minimum atomic E-state index is -4.38. The molecule has 0 bridgehead atoms. The summed E-state index contributed by atoms with van der Waals surface area (Å²) in [4.78, 5) is 16.1. The lowest BCUT2D eigenvalue weighted by Crippen LogP contribution is -2.33. The Labute approximate surface area is 188 Å². The Hall–Kier alpha value is -2.64. The highest BCUT2D eigenvalue weighted by atomic mass is 32.2. The number of sulfonamides is 1. The number of hydrogen-bond donors (Lipinski definition) is 3. The number of amides is 1. The molecule has 0 saturated carbocycles. The van der Waals surface area contributed by atoms with E-state index in [-0.39, 0.29) is 6.42 Å². The first-order valence-corrected chi connectivity index (χ1v) is 12.4. The van der Waals surface area contributed by atoms with Crippen molar-refractivity contribution in [1.29, 1.82) is 0 Å². The van der Waals surface area contributed by atoms with Crippen LogP contribution in [0.2, 0.25) is 0 Å². The first-order chi connectivity index (χ1) is 15.4. The molecule has 0 radical (unpaired) electrons. The van der Waals surface area contributed by atoms with E-state index in [1.807, 2.05) is 10.6 Å². The normalized spacial score (nSPS) is 11.7. The van der Waals surface area contributed by atoms with Crippen LogP contribution in [0.15, 0.2) is 35.5 Å². The van der Waals surface area contributed by atoms with E-state index in [1.165, 1.54) is 11.5 Å². The van der Waals surface area contributed by atoms with Crippen molar-refractivity contribution in [3.8, 4) is 0 Å². The van der Waals surface area contributed by atoms with Gasteiger partial charge in [0, 0.05) is 49.5 Å². The third kappa shape index (κ3) is 6.68. The highest BCUT2D eigenvalue weighted by Crippen LogP contribution is 2.16. The number of nitrogens with zero attached hydrogens (tertiary/aromatic N) is 3. The molecule has 3 rings (SSSR count). The molecule has 0 spiro atoms. The van der Waals surface area contributed by atoms with E-state index in [0.29, 0.717) is 19.2 Å². The summed E-state index contributed by atoms with van der Waals surface area (Å²) in [5, 5.41) is 6.36. The third-order valence-electron chi connectivity index (χ3n) is 4.57. The van der Waals surface area contributed by atoms with Gasteiger partial charge in [0.25, 0.3) is 10.0 Å². The van der Waals surface area contributed by atoms with E-state index in [1.54, 1.807) is 10.9 Å². The lowest BCUT2D eigenvalue weighted by Gasteiger charge is -2.08. The number of rotatable bonds is 13. The Kier molecular flexibility index (Phi) is 8.47. The molecule has 3 N–H and O–H groups in total. The second-order valence-corrected chi connectivity index (χ2v) is 9.41. The number of aromatic nitrogens is 3. The van der Waals surface area contributed by atoms with Crippen LogP contribution in [0.1, 0.15) is 32.1 Å². The minimum absolute atomic E-state index is 0.0810. The number of anilines is 1. The molecule has 0 aliphatic heterocycles. The Morgan fingerprint density at radius 3 is 2.66 bits per heavy atom. The van der Waals surface area contributed by atoms with E-state index in [2.05, 4.69) is 20.0 Å². The molecule has 0 aliphatic carbocycles. The predicted molar refractivity (Wildman–Crippen MR) is 117 cm³/mol. The number of nitrogens with one attached hydrogen (secondary N) is 3. The molecule has 13 heteroatoms. The van der Waals surface area contributed by atoms with Gasteiger partial charge in [-0.15, -0.1) is 0 Å². The van der Waals surface area contributed by atoms with Crippen LogP contribution in [0.5, 0.6) is 0 Å². The van der Waals surface area contributed by atoms with Crippen LogP contribution in [0, 0.1) is 11.6 Å². The lowest BCUT2D eigenvalue weighted by atomic mass is 10.2. The van der Waals surface area contributed by atoms with E-state index in [0.717, 1.165) is 55.3 Å². The van der Waals surface area contributed by atoms with Gasteiger partial charge in [-0.1, -0.05) is 12.8 Å². The van der Waals surface area contributed by atoms with Gasteiger partial charge in [0.15, 0.2) is 0 Å². The van der Waals surface area contributed by atoms with Crippen molar-refractivity contribution in [2.75, 3.05) is 25.0 Å². The number of carbonyl (C=O) groups excluding carboxylic acids is 1. The van der Waals surface area contributed by atoms with Crippen molar-refractivity contribution in [2.24, 2.45) is 0 Å². The van der Waals surface area contributed by atoms with Crippen LogP contribution in [0.25, 0.3) is 4.96 Å². The summed E-state index contributed by atoms with van der Waals surface area (Å²) in [6.45, 7) is 1.80. The average molecular weight is 487 g/mol. The fourth-order valence-electron chi connectivity index (χ4n) is 2.97. The summed E-state index contributed by atoms with van der Waals surface area (Å²) in [5.74, 6) is -2.11. The molecular formula is C19H24F2N6O3S2. The van der Waals surface area contributed by atoms with Crippen molar-refractivity contribution in [3.63, 3.8) is 0 Å². The van der Waals surface area contributed by atoms with Gasteiger partial charge in [0.2, 0.25) is 16.8 Å². The molecule has 32 heavy (non-hydrogen) atoms. The van der Waals surface area contributed by atoms with Crippen LogP contribution < -0.4 is 15.4 Å². The van der Waals surface area contributed by atoms with Gasteiger partial charge < -0.3 is 10.6 Å². The van der Waals surface area contributed by atoms with Crippen LogP contribution in [0.3, 0.4) is 0 Å². The molecular weight excluding hydrogens is 462 g/mol. The van der Waals surface area contributed by atoms with Crippen molar-refractivity contribution in [3.05, 3.63) is 42.2 Å². The van der Waals surface area contributed by atoms with E-state index in [9.17, 15) is 22.0 Å². The van der Waals surface area contributed by atoms with Gasteiger partial charge in [-0.3, -0.25) is 9.20 Å². The predicted octanol–water partition coefficient (Wildman–Crippen LogP) is 2.53. The first kappa shape index (κ1) is 24.0. The Morgan fingerprint density at radius 2 is 1.88 bits per heavy atom. The fourth-order valence-corrected chi connectivity index (χ4v) is 4.71. The largest absolute Gasteiger partial charge is 0.355 e. The zero-order valence-electron chi connectivity index (χ0n) is 17.2. The highest BCUT2D eigenvalue weighted by molar-refractivity contribution is 7.90.